The fourth-order valence-electron chi connectivity index (χ4n) is 2.19. The number of nitriles is 1. The molecule has 17 heavy (non-hydrogen) atoms. The molecule has 0 amide bonds. The number of aryl methyl sites for hydroxylation is 1. The molecule has 0 unspecified atom stereocenters. The molecule has 2 heterocycles. The highest BCUT2D eigenvalue weighted by Gasteiger charge is 2.12. The Balaban J connectivity index is 2.62. The molecule has 0 aliphatic carbocycles. The van der Waals surface area contributed by atoms with Crippen LogP contribution in [-0.4, -0.2) is 9.97 Å². The number of H-pyrrole nitrogens is 1. The summed E-state index contributed by atoms with van der Waals surface area (Å²) >= 11 is 0. The number of benzene rings is 1. The monoisotopic (exact) mass is 222 g/mol. The van der Waals surface area contributed by atoms with Crippen molar-refractivity contribution >= 4 is 27.6 Å². The van der Waals surface area contributed by atoms with Crippen molar-refractivity contribution in [3.8, 4) is 6.07 Å². The summed E-state index contributed by atoms with van der Waals surface area (Å²) in [5, 5.41) is 11.0. The Hall–Kier alpha value is -2.54. The quantitative estimate of drug-likeness (QED) is 0.573. The molecule has 0 radical (unpaired) electrons. The minimum absolute atomic E-state index is 0.599. The van der Waals surface area contributed by atoms with Crippen molar-refractivity contribution in [2.75, 3.05) is 5.73 Å². The molecule has 0 atom stereocenters. The summed E-state index contributed by atoms with van der Waals surface area (Å²) in [4.78, 5) is 7.48. The van der Waals surface area contributed by atoms with E-state index in [1.54, 1.807) is 12.3 Å². The van der Waals surface area contributed by atoms with Gasteiger partial charge in [0.05, 0.1) is 17.1 Å². The van der Waals surface area contributed by atoms with E-state index in [0.29, 0.717) is 11.3 Å². The van der Waals surface area contributed by atoms with Crippen LogP contribution < -0.4 is 5.73 Å². The van der Waals surface area contributed by atoms with E-state index in [2.05, 4.69) is 16.0 Å². The van der Waals surface area contributed by atoms with Crippen LogP contribution in [0.1, 0.15) is 11.1 Å². The Bertz CT molecular complexity index is 777. The molecule has 2 aromatic heterocycles. The largest absolute Gasteiger partial charge is 0.398 e. The van der Waals surface area contributed by atoms with Crippen LogP contribution in [0.4, 0.5) is 5.69 Å². The molecule has 0 saturated heterocycles. The molecule has 0 saturated carbocycles. The lowest BCUT2D eigenvalue weighted by Crippen LogP contribution is -1.91. The second-order valence-corrected chi connectivity index (χ2v) is 4.02. The van der Waals surface area contributed by atoms with Crippen molar-refractivity contribution in [2.45, 2.75) is 6.92 Å². The van der Waals surface area contributed by atoms with Gasteiger partial charge in [-0.25, -0.2) is 4.98 Å². The van der Waals surface area contributed by atoms with Gasteiger partial charge in [0.2, 0.25) is 0 Å². The highest BCUT2D eigenvalue weighted by Crippen LogP contribution is 2.32. The van der Waals surface area contributed by atoms with Crippen molar-refractivity contribution in [2.24, 2.45) is 0 Å². The van der Waals surface area contributed by atoms with Gasteiger partial charge in [-0.2, -0.15) is 5.26 Å². The fourth-order valence-corrected chi connectivity index (χ4v) is 2.19. The van der Waals surface area contributed by atoms with Crippen LogP contribution in [0.15, 0.2) is 24.4 Å². The summed E-state index contributed by atoms with van der Waals surface area (Å²) in [7, 11) is 0. The molecule has 4 heteroatoms. The summed E-state index contributed by atoms with van der Waals surface area (Å²) in [6, 6.07) is 7.73. The maximum atomic E-state index is 9.04. The molecule has 0 bridgehead atoms. The number of nitrogens with zero attached hydrogens (tertiary/aromatic N) is 2. The average Bonchev–Trinajstić information content (AvgIpc) is 2.73. The number of fused-ring (bicyclic) bond motifs is 3. The number of rotatable bonds is 0. The Morgan fingerprint density at radius 3 is 3.06 bits per heavy atom. The van der Waals surface area contributed by atoms with Crippen LogP contribution in [0.25, 0.3) is 21.9 Å². The standard InChI is InChI=1S/C13H10N4/c1-7-8(6-14)5-10(15)11-9-3-2-4-16-13(9)17-12(7)11/h2-5H,15H2,1H3,(H,16,17). The molecular formula is C13H10N4. The van der Waals surface area contributed by atoms with Gasteiger partial charge in [-0.3, -0.25) is 0 Å². The summed E-state index contributed by atoms with van der Waals surface area (Å²) < 4.78 is 0. The smallest absolute Gasteiger partial charge is 0.138 e. The van der Waals surface area contributed by atoms with Crippen LogP contribution in [-0.2, 0) is 0 Å². The average molecular weight is 222 g/mol. The number of nitrogen functional groups attached to an aromatic ring is 1. The first-order chi connectivity index (χ1) is 8.22. The van der Waals surface area contributed by atoms with E-state index in [-0.39, 0.29) is 0 Å². The van der Waals surface area contributed by atoms with Gasteiger partial charge in [0.1, 0.15) is 5.65 Å². The van der Waals surface area contributed by atoms with Crippen LogP contribution in [0.3, 0.4) is 0 Å². The second kappa shape index (κ2) is 3.22. The Kier molecular flexibility index (Phi) is 1.83. The van der Waals surface area contributed by atoms with Gasteiger partial charge in [-0.05, 0) is 30.7 Å². The lowest BCUT2D eigenvalue weighted by atomic mass is 10.0. The number of nitrogens with one attached hydrogen (secondary N) is 1. The van der Waals surface area contributed by atoms with Gasteiger partial charge in [-0.15, -0.1) is 0 Å². The van der Waals surface area contributed by atoms with E-state index < -0.39 is 0 Å². The van der Waals surface area contributed by atoms with Crippen LogP contribution in [0, 0.1) is 18.3 Å². The lowest BCUT2D eigenvalue weighted by Gasteiger charge is -2.02. The number of nitrogens with two attached hydrogens (primary N) is 1. The number of aromatic nitrogens is 2. The molecule has 4 nitrogen and oxygen atoms in total. The van der Waals surface area contributed by atoms with Crippen molar-refractivity contribution in [3.05, 3.63) is 35.5 Å². The minimum Gasteiger partial charge on any atom is -0.398 e. The topological polar surface area (TPSA) is 78.5 Å². The first-order valence-corrected chi connectivity index (χ1v) is 5.28. The zero-order chi connectivity index (χ0) is 12.0. The number of pyridine rings is 1. The Morgan fingerprint density at radius 1 is 1.47 bits per heavy atom. The van der Waals surface area contributed by atoms with Crippen LogP contribution in [0.5, 0.6) is 0 Å². The summed E-state index contributed by atoms with van der Waals surface area (Å²) in [5.74, 6) is 0. The van der Waals surface area contributed by atoms with E-state index in [1.807, 2.05) is 19.1 Å². The normalized spacial score (nSPS) is 10.8. The predicted octanol–water partition coefficient (Wildman–Crippen LogP) is 2.48. The summed E-state index contributed by atoms with van der Waals surface area (Å²) in [6.07, 6.45) is 1.73. The third-order valence-electron chi connectivity index (χ3n) is 3.06. The molecule has 3 aromatic rings. The first-order valence-electron chi connectivity index (χ1n) is 5.28. The molecule has 0 spiro atoms. The van der Waals surface area contributed by atoms with E-state index in [4.69, 9.17) is 11.0 Å². The summed E-state index contributed by atoms with van der Waals surface area (Å²) in [5.41, 5.74) is 9.83. The number of aromatic amines is 1. The van der Waals surface area contributed by atoms with Crippen molar-refractivity contribution in [1.82, 2.24) is 9.97 Å². The zero-order valence-corrected chi connectivity index (χ0v) is 9.28. The van der Waals surface area contributed by atoms with E-state index >= 15 is 0 Å². The third-order valence-corrected chi connectivity index (χ3v) is 3.06. The van der Waals surface area contributed by atoms with E-state index in [0.717, 1.165) is 27.5 Å². The number of hydrogen-bond acceptors (Lipinski definition) is 3. The molecule has 0 fully saturated rings. The van der Waals surface area contributed by atoms with E-state index in [9.17, 15) is 0 Å². The maximum Gasteiger partial charge on any atom is 0.138 e. The molecule has 1 aromatic carbocycles. The molecule has 82 valence electrons. The number of hydrogen-bond donors (Lipinski definition) is 2. The van der Waals surface area contributed by atoms with Gasteiger partial charge < -0.3 is 10.7 Å². The minimum atomic E-state index is 0.599. The number of anilines is 1. The fraction of sp³-hybridized carbons (Fsp3) is 0.0769. The Labute approximate surface area is 97.7 Å². The third kappa shape index (κ3) is 1.20. The second-order valence-electron chi connectivity index (χ2n) is 4.02. The molecule has 3 N–H and O–H groups in total. The molecule has 3 rings (SSSR count). The molecule has 0 aliphatic rings. The van der Waals surface area contributed by atoms with Crippen molar-refractivity contribution in [3.63, 3.8) is 0 Å². The Morgan fingerprint density at radius 2 is 2.29 bits per heavy atom. The molecular weight excluding hydrogens is 212 g/mol. The zero-order valence-electron chi connectivity index (χ0n) is 9.28. The van der Waals surface area contributed by atoms with Gasteiger partial charge >= 0.3 is 0 Å². The highest BCUT2D eigenvalue weighted by atomic mass is 14.9. The first kappa shape index (κ1) is 9.67. The van der Waals surface area contributed by atoms with Gasteiger partial charge in [-0.1, -0.05) is 0 Å². The van der Waals surface area contributed by atoms with Gasteiger partial charge in [0.15, 0.2) is 0 Å². The van der Waals surface area contributed by atoms with Gasteiger partial charge in [0.25, 0.3) is 0 Å². The van der Waals surface area contributed by atoms with E-state index in [1.165, 1.54) is 0 Å². The predicted molar refractivity (Wildman–Crippen MR) is 67.5 cm³/mol. The lowest BCUT2D eigenvalue weighted by molar-refractivity contribution is 1.33. The summed E-state index contributed by atoms with van der Waals surface area (Å²) in [6.45, 7) is 1.91. The van der Waals surface area contributed by atoms with Gasteiger partial charge in [0, 0.05) is 22.7 Å². The van der Waals surface area contributed by atoms with Crippen LogP contribution in [0.2, 0.25) is 0 Å². The van der Waals surface area contributed by atoms with Crippen molar-refractivity contribution < 1.29 is 0 Å². The highest BCUT2D eigenvalue weighted by molar-refractivity contribution is 6.13. The molecule has 0 aliphatic heterocycles. The SMILES string of the molecule is Cc1c(C#N)cc(N)c2c1[nH]c1ncccc12. The van der Waals surface area contributed by atoms with Crippen LogP contribution >= 0.6 is 0 Å². The maximum absolute atomic E-state index is 9.04. The van der Waals surface area contributed by atoms with Crippen molar-refractivity contribution in [1.29, 1.82) is 5.26 Å².